The van der Waals surface area contributed by atoms with E-state index >= 15 is 0 Å². The summed E-state index contributed by atoms with van der Waals surface area (Å²) < 4.78 is -0.125. The van der Waals surface area contributed by atoms with Crippen LogP contribution in [0.1, 0.15) is 32.6 Å². The van der Waals surface area contributed by atoms with Gasteiger partial charge in [0, 0.05) is 6.42 Å². The Morgan fingerprint density at radius 3 is 3.00 bits per heavy atom. The maximum absolute atomic E-state index is 8.63. The molecule has 1 aliphatic rings. The van der Waals surface area contributed by atoms with Crippen LogP contribution in [0.5, 0.6) is 0 Å². The largest absolute Gasteiger partial charge is 0.317 e. The fourth-order valence-corrected chi connectivity index (χ4v) is 2.62. The van der Waals surface area contributed by atoms with Crippen LogP contribution in [-0.2, 0) is 0 Å². The lowest BCUT2D eigenvalue weighted by molar-refractivity contribution is 0.238. The van der Waals surface area contributed by atoms with Gasteiger partial charge in [0.25, 0.3) is 0 Å². The van der Waals surface area contributed by atoms with Crippen LogP contribution in [0.25, 0.3) is 0 Å². The van der Waals surface area contributed by atoms with Gasteiger partial charge in [-0.2, -0.15) is 5.26 Å². The summed E-state index contributed by atoms with van der Waals surface area (Å²) in [6.45, 7) is 2.25. The van der Waals surface area contributed by atoms with Crippen LogP contribution in [0.15, 0.2) is 0 Å². The lowest BCUT2D eigenvalue weighted by atomic mass is 9.78. The van der Waals surface area contributed by atoms with E-state index < -0.39 is 0 Å². The highest BCUT2D eigenvalue weighted by atomic mass is 127. The van der Waals surface area contributed by atoms with E-state index in [0.717, 1.165) is 18.8 Å². The van der Waals surface area contributed by atoms with Crippen LogP contribution in [0.3, 0.4) is 0 Å². The van der Waals surface area contributed by atoms with Crippen molar-refractivity contribution in [2.45, 2.75) is 36.2 Å². The van der Waals surface area contributed by atoms with Crippen molar-refractivity contribution >= 4 is 22.6 Å². The predicted molar refractivity (Wildman–Crippen MR) is 57.7 cm³/mol. The molecule has 0 bridgehead atoms. The van der Waals surface area contributed by atoms with E-state index in [1.165, 1.54) is 6.42 Å². The Bertz CT molecular complexity index is 195. The third-order valence-corrected chi connectivity index (χ3v) is 4.14. The molecule has 0 aromatic rings. The minimum atomic E-state index is -0.125. The van der Waals surface area contributed by atoms with Crippen molar-refractivity contribution in [3.8, 4) is 6.07 Å². The van der Waals surface area contributed by atoms with Gasteiger partial charge in [0.2, 0.25) is 0 Å². The van der Waals surface area contributed by atoms with Crippen LogP contribution in [-0.4, -0.2) is 3.55 Å². The average Bonchev–Trinajstić information content (AvgIpc) is 1.98. The summed E-state index contributed by atoms with van der Waals surface area (Å²) in [7, 11) is 0. The fraction of sp³-hybridized carbons (Fsp3) is 0.889. The van der Waals surface area contributed by atoms with Gasteiger partial charge >= 0.3 is 0 Å². The third-order valence-electron chi connectivity index (χ3n) is 2.72. The molecule has 0 aromatic heterocycles. The van der Waals surface area contributed by atoms with E-state index in [9.17, 15) is 0 Å². The second kappa shape index (κ2) is 3.93. The summed E-state index contributed by atoms with van der Waals surface area (Å²) in [5, 5.41) is 8.63. The van der Waals surface area contributed by atoms with Crippen molar-refractivity contribution in [2.75, 3.05) is 0 Å². The molecule has 0 spiro atoms. The SMILES string of the molecule is C[C@H]1CCC(N)(I)C(CC#N)C1. The molecule has 2 nitrogen and oxygen atoms in total. The summed E-state index contributed by atoms with van der Waals surface area (Å²) in [6.07, 6.45) is 4.00. The lowest BCUT2D eigenvalue weighted by Gasteiger charge is -2.38. The maximum Gasteiger partial charge on any atom is 0.0719 e. The van der Waals surface area contributed by atoms with Crippen molar-refractivity contribution < 1.29 is 0 Å². The third kappa shape index (κ3) is 2.33. The monoisotopic (exact) mass is 278 g/mol. The molecule has 0 radical (unpaired) electrons. The van der Waals surface area contributed by atoms with E-state index in [4.69, 9.17) is 11.0 Å². The molecule has 0 aliphatic heterocycles. The van der Waals surface area contributed by atoms with Gasteiger partial charge in [0.15, 0.2) is 0 Å². The normalized spacial score (nSPS) is 42.2. The maximum atomic E-state index is 8.63. The second-order valence-electron chi connectivity index (χ2n) is 3.87. The van der Waals surface area contributed by atoms with Crippen molar-refractivity contribution in [1.82, 2.24) is 0 Å². The topological polar surface area (TPSA) is 49.8 Å². The standard InChI is InChI=1S/C9H15IN2/c1-7-2-4-9(10,12)8(6-7)3-5-11/h7-8H,2-4,6,12H2,1H3/t7-,8?,9?/m0/s1. The number of hydrogen-bond donors (Lipinski definition) is 1. The first kappa shape index (κ1) is 10.3. The first-order valence-electron chi connectivity index (χ1n) is 4.41. The number of alkyl halides is 1. The molecule has 1 saturated carbocycles. The molecule has 0 aromatic carbocycles. The Morgan fingerprint density at radius 1 is 1.75 bits per heavy atom. The Kier molecular flexibility index (Phi) is 3.36. The van der Waals surface area contributed by atoms with Crippen molar-refractivity contribution in [3.05, 3.63) is 0 Å². The number of rotatable bonds is 1. The van der Waals surface area contributed by atoms with Gasteiger partial charge in [0.1, 0.15) is 0 Å². The smallest absolute Gasteiger partial charge is 0.0719 e. The molecule has 2 N–H and O–H groups in total. The van der Waals surface area contributed by atoms with Crippen LogP contribution in [0.2, 0.25) is 0 Å². The van der Waals surface area contributed by atoms with Gasteiger partial charge in [0.05, 0.1) is 9.61 Å². The van der Waals surface area contributed by atoms with Gasteiger partial charge in [-0.1, -0.05) is 29.5 Å². The Morgan fingerprint density at radius 2 is 2.42 bits per heavy atom. The first-order chi connectivity index (χ1) is 5.56. The average molecular weight is 278 g/mol. The van der Waals surface area contributed by atoms with E-state index in [0.29, 0.717) is 12.3 Å². The summed E-state index contributed by atoms with van der Waals surface area (Å²) in [4.78, 5) is 0. The van der Waals surface area contributed by atoms with Crippen LogP contribution in [0.4, 0.5) is 0 Å². The molecular weight excluding hydrogens is 263 g/mol. The highest BCUT2D eigenvalue weighted by Crippen LogP contribution is 2.40. The Labute approximate surface area is 87.6 Å². The quantitative estimate of drug-likeness (QED) is 0.455. The molecule has 1 rings (SSSR count). The zero-order chi connectivity index (χ0) is 9.19. The molecule has 0 amide bonds. The minimum Gasteiger partial charge on any atom is -0.317 e. The number of nitrogens with zero attached hydrogens (tertiary/aromatic N) is 1. The molecular formula is C9H15IN2. The number of hydrogen-bond acceptors (Lipinski definition) is 2. The lowest BCUT2D eigenvalue weighted by Crippen LogP contribution is -2.44. The molecule has 68 valence electrons. The molecule has 3 atom stereocenters. The number of nitriles is 1. The summed E-state index contributed by atoms with van der Waals surface area (Å²) >= 11 is 2.31. The van der Waals surface area contributed by atoms with Gasteiger partial charge in [-0.3, -0.25) is 0 Å². The highest BCUT2D eigenvalue weighted by molar-refractivity contribution is 14.1. The zero-order valence-corrected chi connectivity index (χ0v) is 9.54. The Balaban J connectivity index is 2.60. The highest BCUT2D eigenvalue weighted by Gasteiger charge is 2.36. The Hall–Kier alpha value is 0.180. The second-order valence-corrected chi connectivity index (χ2v) is 5.87. The van der Waals surface area contributed by atoms with E-state index in [2.05, 4.69) is 35.6 Å². The zero-order valence-electron chi connectivity index (χ0n) is 7.39. The molecule has 3 heteroatoms. The van der Waals surface area contributed by atoms with Gasteiger partial charge in [-0.15, -0.1) is 0 Å². The van der Waals surface area contributed by atoms with Gasteiger partial charge < -0.3 is 5.73 Å². The molecule has 12 heavy (non-hydrogen) atoms. The van der Waals surface area contributed by atoms with Crippen LogP contribution in [0, 0.1) is 23.2 Å². The van der Waals surface area contributed by atoms with E-state index in [1.807, 2.05) is 0 Å². The van der Waals surface area contributed by atoms with Crippen LogP contribution < -0.4 is 5.73 Å². The summed E-state index contributed by atoms with van der Waals surface area (Å²) in [6, 6.07) is 2.23. The molecule has 0 saturated heterocycles. The minimum absolute atomic E-state index is 0.125. The number of halogens is 1. The number of nitrogens with two attached hydrogens (primary N) is 1. The molecule has 2 unspecified atom stereocenters. The van der Waals surface area contributed by atoms with Crippen LogP contribution >= 0.6 is 22.6 Å². The van der Waals surface area contributed by atoms with Gasteiger partial charge in [-0.05, 0) is 31.1 Å². The van der Waals surface area contributed by atoms with Crippen molar-refractivity contribution in [2.24, 2.45) is 17.6 Å². The van der Waals surface area contributed by atoms with Crippen molar-refractivity contribution in [3.63, 3.8) is 0 Å². The first-order valence-corrected chi connectivity index (χ1v) is 5.49. The fourth-order valence-electron chi connectivity index (χ4n) is 1.83. The van der Waals surface area contributed by atoms with Crippen molar-refractivity contribution in [1.29, 1.82) is 5.26 Å². The predicted octanol–water partition coefficient (Wildman–Crippen LogP) is 2.43. The summed E-state index contributed by atoms with van der Waals surface area (Å²) in [5.41, 5.74) is 6.11. The summed E-state index contributed by atoms with van der Waals surface area (Å²) in [5.74, 6) is 1.14. The van der Waals surface area contributed by atoms with Gasteiger partial charge in [-0.25, -0.2) is 0 Å². The van der Waals surface area contributed by atoms with E-state index in [1.54, 1.807) is 0 Å². The molecule has 1 fully saturated rings. The molecule has 1 aliphatic carbocycles. The van der Waals surface area contributed by atoms with E-state index in [-0.39, 0.29) is 3.55 Å². The molecule has 0 heterocycles.